The van der Waals surface area contributed by atoms with Crippen molar-refractivity contribution in [2.24, 2.45) is 17.8 Å². The molecule has 2 heterocycles. The van der Waals surface area contributed by atoms with Crippen LogP contribution in [0.1, 0.15) is 74.6 Å². The molecule has 0 radical (unpaired) electrons. The molecular weight excluding hydrogens is 404 g/mol. The maximum atomic E-state index is 6.70. The van der Waals surface area contributed by atoms with E-state index in [0.717, 1.165) is 12.8 Å². The number of thioether (sulfide) groups is 2. The van der Waals surface area contributed by atoms with E-state index in [2.05, 4.69) is 88.8 Å². The molecule has 3 heteroatoms. The summed E-state index contributed by atoms with van der Waals surface area (Å²) in [5.74, 6) is 4.21. The van der Waals surface area contributed by atoms with Crippen LogP contribution in [0, 0.1) is 17.8 Å². The van der Waals surface area contributed by atoms with Crippen molar-refractivity contribution < 1.29 is 4.74 Å². The monoisotopic (exact) mass is 440 g/mol. The summed E-state index contributed by atoms with van der Waals surface area (Å²) in [6.45, 7) is 11.7. The predicted octanol–water partition coefficient (Wildman–Crippen LogP) is 7.94. The standard InChI is InChI=1S/C27H36OS2/c1-6-20-8-10-21(11-9-20)27-23-16-22(12-13-25(23)29-14-15-30-27)26-19(5)17(3)18(4)24(7-2)28-26/h8-13,16-19,24,26-27H,6-7,14-15H2,1-5H3. The third kappa shape index (κ3) is 4.36. The third-order valence-corrected chi connectivity index (χ3v) is 10.1. The second-order valence-corrected chi connectivity index (χ2v) is 11.4. The number of benzene rings is 2. The number of rotatable bonds is 4. The first-order valence-electron chi connectivity index (χ1n) is 11.7. The van der Waals surface area contributed by atoms with Gasteiger partial charge >= 0.3 is 0 Å². The molecule has 2 aliphatic rings. The van der Waals surface area contributed by atoms with E-state index in [9.17, 15) is 0 Å². The van der Waals surface area contributed by atoms with Crippen LogP contribution in [0.4, 0.5) is 0 Å². The number of fused-ring (bicyclic) bond motifs is 1. The van der Waals surface area contributed by atoms with E-state index in [1.807, 2.05) is 11.8 Å². The molecule has 0 bridgehead atoms. The van der Waals surface area contributed by atoms with Crippen LogP contribution >= 0.6 is 23.5 Å². The molecule has 0 aromatic heterocycles. The van der Waals surface area contributed by atoms with Crippen LogP contribution in [0.25, 0.3) is 0 Å². The maximum Gasteiger partial charge on any atom is 0.0857 e. The summed E-state index contributed by atoms with van der Waals surface area (Å²) in [6, 6.07) is 16.5. The average Bonchev–Trinajstić information content (AvgIpc) is 3.00. The fourth-order valence-electron chi connectivity index (χ4n) is 5.07. The summed E-state index contributed by atoms with van der Waals surface area (Å²) in [5, 5.41) is 0.415. The molecule has 0 N–H and O–H groups in total. The van der Waals surface area contributed by atoms with Gasteiger partial charge < -0.3 is 4.74 Å². The lowest BCUT2D eigenvalue weighted by Crippen LogP contribution is -2.40. The van der Waals surface area contributed by atoms with E-state index < -0.39 is 0 Å². The number of hydrogen-bond donors (Lipinski definition) is 0. The van der Waals surface area contributed by atoms with Crippen molar-refractivity contribution in [3.63, 3.8) is 0 Å². The molecule has 0 amide bonds. The molecule has 6 unspecified atom stereocenters. The summed E-state index contributed by atoms with van der Waals surface area (Å²) in [6.07, 6.45) is 2.76. The molecule has 30 heavy (non-hydrogen) atoms. The van der Waals surface area contributed by atoms with Crippen molar-refractivity contribution in [3.05, 3.63) is 64.7 Å². The molecule has 1 saturated heterocycles. The lowest BCUT2D eigenvalue weighted by molar-refractivity contribution is -0.136. The van der Waals surface area contributed by atoms with E-state index in [1.54, 1.807) is 0 Å². The van der Waals surface area contributed by atoms with Crippen LogP contribution in [0.2, 0.25) is 0 Å². The molecule has 2 aromatic carbocycles. The Hall–Kier alpha value is -0.900. The van der Waals surface area contributed by atoms with E-state index in [4.69, 9.17) is 4.74 Å². The minimum atomic E-state index is 0.202. The Morgan fingerprint density at radius 2 is 1.60 bits per heavy atom. The molecule has 4 rings (SSSR count). The van der Waals surface area contributed by atoms with Gasteiger partial charge in [-0.3, -0.25) is 0 Å². The van der Waals surface area contributed by atoms with Crippen LogP contribution in [0.3, 0.4) is 0 Å². The molecular formula is C27H36OS2. The normalized spacial score (nSPS) is 31.8. The molecule has 2 aromatic rings. The lowest BCUT2D eigenvalue weighted by atomic mass is 9.74. The topological polar surface area (TPSA) is 9.23 Å². The highest BCUT2D eigenvalue weighted by atomic mass is 32.2. The minimum absolute atomic E-state index is 0.202. The second-order valence-electron chi connectivity index (χ2n) is 9.07. The van der Waals surface area contributed by atoms with Gasteiger partial charge in [-0.25, -0.2) is 0 Å². The highest BCUT2D eigenvalue weighted by Crippen LogP contribution is 2.48. The van der Waals surface area contributed by atoms with E-state index >= 15 is 0 Å². The molecule has 162 valence electrons. The SMILES string of the molecule is CCc1ccc(C2SCCSc3ccc(C4OC(CC)C(C)C(C)C4C)cc32)cc1. The highest BCUT2D eigenvalue weighted by molar-refractivity contribution is 8.03. The van der Waals surface area contributed by atoms with Gasteiger partial charge in [0.25, 0.3) is 0 Å². The van der Waals surface area contributed by atoms with Crippen molar-refractivity contribution in [1.82, 2.24) is 0 Å². The fourth-order valence-corrected chi connectivity index (χ4v) is 7.55. The van der Waals surface area contributed by atoms with Gasteiger partial charge in [0.2, 0.25) is 0 Å². The summed E-state index contributed by atoms with van der Waals surface area (Å²) < 4.78 is 6.70. The van der Waals surface area contributed by atoms with Crippen LogP contribution in [0.5, 0.6) is 0 Å². The van der Waals surface area contributed by atoms with Crippen LogP contribution in [0.15, 0.2) is 47.4 Å². The zero-order valence-corrected chi connectivity index (χ0v) is 20.7. The summed E-state index contributed by atoms with van der Waals surface area (Å²) in [4.78, 5) is 1.45. The molecule has 0 aliphatic carbocycles. The van der Waals surface area contributed by atoms with E-state index in [-0.39, 0.29) is 6.10 Å². The van der Waals surface area contributed by atoms with Gasteiger partial charge in [0.05, 0.1) is 17.5 Å². The molecule has 6 atom stereocenters. The van der Waals surface area contributed by atoms with Crippen molar-refractivity contribution in [2.45, 2.75) is 69.8 Å². The van der Waals surface area contributed by atoms with Gasteiger partial charge in [0.1, 0.15) is 0 Å². The molecule has 1 fully saturated rings. The first-order chi connectivity index (χ1) is 14.5. The Kier molecular flexibility index (Phi) is 7.22. The van der Waals surface area contributed by atoms with Crippen LogP contribution < -0.4 is 0 Å². The van der Waals surface area contributed by atoms with Gasteiger partial charge in [-0.1, -0.05) is 71.0 Å². The van der Waals surface area contributed by atoms with Gasteiger partial charge in [-0.2, -0.15) is 0 Å². The highest BCUT2D eigenvalue weighted by Gasteiger charge is 2.39. The minimum Gasteiger partial charge on any atom is -0.370 e. The van der Waals surface area contributed by atoms with Crippen molar-refractivity contribution in [2.75, 3.05) is 11.5 Å². The average molecular weight is 441 g/mol. The smallest absolute Gasteiger partial charge is 0.0857 e. The van der Waals surface area contributed by atoms with Crippen molar-refractivity contribution in [1.29, 1.82) is 0 Å². The molecule has 0 spiro atoms. The van der Waals surface area contributed by atoms with Crippen LogP contribution in [-0.4, -0.2) is 17.6 Å². The van der Waals surface area contributed by atoms with Gasteiger partial charge in [0, 0.05) is 16.4 Å². The zero-order valence-electron chi connectivity index (χ0n) is 19.1. The van der Waals surface area contributed by atoms with Gasteiger partial charge in [-0.15, -0.1) is 23.5 Å². The Morgan fingerprint density at radius 3 is 2.30 bits per heavy atom. The third-order valence-electron chi connectivity index (χ3n) is 7.41. The summed E-state index contributed by atoms with van der Waals surface area (Å²) in [5.41, 5.74) is 5.71. The Balaban J connectivity index is 1.70. The predicted molar refractivity (Wildman–Crippen MR) is 133 cm³/mol. The number of aryl methyl sites for hydroxylation is 1. The number of hydrogen-bond acceptors (Lipinski definition) is 3. The van der Waals surface area contributed by atoms with Crippen molar-refractivity contribution in [3.8, 4) is 0 Å². The Bertz CT molecular complexity index is 844. The van der Waals surface area contributed by atoms with E-state index in [0.29, 0.717) is 29.1 Å². The second kappa shape index (κ2) is 9.71. The molecule has 1 nitrogen and oxygen atoms in total. The van der Waals surface area contributed by atoms with Crippen molar-refractivity contribution >= 4 is 23.5 Å². The zero-order chi connectivity index (χ0) is 21.3. The number of ether oxygens (including phenoxy) is 1. The largest absolute Gasteiger partial charge is 0.370 e. The first kappa shape index (κ1) is 22.3. The van der Waals surface area contributed by atoms with E-state index in [1.165, 1.54) is 38.7 Å². The van der Waals surface area contributed by atoms with Gasteiger partial charge in [-0.05, 0) is 58.9 Å². The van der Waals surface area contributed by atoms with Crippen LogP contribution in [-0.2, 0) is 11.2 Å². The fraction of sp³-hybridized carbons (Fsp3) is 0.556. The summed E-state index contributed by atoms with van der Waals surface area (Å²) >= 11 is 4.11. The Labute approximate surface area is 191 Å². The lowest BCUT2D eigenvalue weighted by Gasteiger charge is -2.44. The quantitative estimate of drug-likeness (QED) is 0.477. The first-order valence-corrected chi connectivity index (χ1v) is 13.7. The van der Waals surface area contributed by atoms with Gasteiger partial charge in [0.15, 0.2) is 0 Å². The maximum absolute atomic E-state index is 6.70. The Morgan fingerprint density at radius 1 is 0.867 bits per heavy atom. The molecule has 0 saturated carbocycles. The molecule has 2 aliphatic heterocycles. The summed E-state index contributed by atoms with van der Waals surface area (Å²) in [7, 11) is 0.